The van der Waals surface area contributed by atoms with Crippen LogP contribution in [-0.4, -0.2) is 23.4 Å². The lowest BCUT2D eigenvalue weighted by Gasteiger charge is -2.42. The molecule has 19 heavy (non-hydrogen) atoms. The summed E-state index contributed by atoms with van der Waals surface area (Å²) in [6.07, 6.45) is 1.73. The van der Waals surface area contributed by atoms with Crippen molar-refractivity contribution in [3.63, 3.8) is 0 Å². The fraction of sp³-hybridized carbons (Fsp3) is 0.533. The molecule has 2 unspecified atom stereocenters. The highest BCUT2D eigenvalue weighted by molar-refractivity contribution is 5.81. The summed E-state index contributed by atoms with van der Waals surface area (Å²) in [6.45, 7) is 6.81. The SMILES string of the molecule is CCC(C)N1C(N)=NCC1(CC)c1ccccc1F. The molecule has 0 bridgehead atoms. The number of rotatable bonds is 4. The van der Waals surface area contributed by atoms with E-state index in [1.165, 1.54) is 6.07 Å². The monoisotopic (exact) mass is 263 g/mol. The highest BCUT2D eigenvalue weighted by atomic mass is 19.1. The van der Waals surface area contributed by atoms with Gasteiger partial charge in [-0.05, 0) is 25.8 Å². The van der Waals surface area contributed by atoms with E-state index in [0.29, 0.717) is 18.1 Å². The second-order valence-corrected chi connectivity index (χ2v) is 5.17. The Labute approximate surface area is 114 Å². The normalized spacial score (nSPS) is 24.4. The van der Waals surface area contributed by atoms with Crippen LogP contribution in [0, 0.1) is 5.82 Å². The van der Waals surface area contributed by atoms with Crippen LogP contribution in [0.3, 0.4) is 0 Å². The average Bonchev–Trinajstić information content (AvgIpc) is 2.76. The number of aliphatic imine (C=N–C) groups is 1. The van der Waals surface area contributed by atoms with E-state index in [1.807, 2.05) is 12.1 Å². The lowest BCUT2D eigenvalue weighted by atomic mass is 9.84. The molecule has 0 amide bonds. The zero-order chi connectivity index (χ0) is 14.0. The summed E-state index contributed by atoms with van der Waals surface area (Å²) in [5.74, 6) is 0.349. The molecule has 2 N–H and O–H groups in total. The first-order valence-corrected chi connectivity index (χ1v) is 6.91. The smallest absolute Gasteiger partial charge is 0.192 e. The second-order valence-electron chi connectivity index (χ2n) is 5.17. The maximum absolute atomic E-state index is 14.2. The molecule has 1 heterocycles. The summed E-state index contributed by atoms with van der Waals surface area (Å²) < 4.78 is 14.2. The van der Waals surface area contributed by atoms with Gasteiger partial charge < -0.3 is 10.6 Å². The predicted octanol–water partition coefficient (Wildman–Crippen LogP) is 2.86. The summed E-state index contributed by atoms with van der Waals surface area (Å²) >= 11 is 0. The average molecular weight is 263 g/mol. The molecular weight excluding hydrogens is 241 g/mol. The Morgan fingerprint density at radius 2 is 2.11 bits per heavy atom. The van der Waals surface area contributed by atoms with Gasteiger partial charge in [-0.3, -0.25) is 4.99 Å². The summed E-state index contributed by atoms with van der Waals surface area (Å²) in [5.41, 5.74) is 6.30. The Bertz CT molecular complexity index is 486. The van der Waals surface area contributed by atoms with Crippen LogP contribution in [0.25, 0.3) is 0 Å². The molecule has 0 saturated carbocycles. The minimum Gasteiger partial charge on any atom is -0.370 e. The van der Waals surface area contributed by atoms with Crippen molar-refractivity contribution in [2.75, 3.05) is 6.54 Å². The van der Waals surface area contributed by atoms with Gasteiger partial charge in [0, 0.05) is 11.6 Å². The van der Waals surface area contributed by atoms with Crippen molar-refractivity contribution in [3.05, 3.63) is 35.6 Å². The molecule has 0 radical (unpaired) electrons. The van der Waals surface area contributed by atoms with Crippen LogP contribution in [0.4, 0.5) is 4.39 Å². The number of nitrogens with zero attached hydrogens (tertiary/aromatic N) is 2. The van der Waals surface area contributed by atoms with Gasteiger partial charge in [0.05, 0.1) is 12.1 Å². The van der Waals surface area contributed by atoms with Crippen molar-refractivity contribution in [1.82, 2.24) is 4.90 Å². The molecule has 2 atom stereocenters. The van der Waals surface area contributed by atoms with E-state index in [1.54, 1.807) is 6.07 Å². The number of nitrogens with two attached hydrogens (primary N) is 1. The second kappa shape index (κ2) is 5.19. The van der Waals surface area contributed by atoms with Gasteiger partial charge >= 0.3 is 0 Å². The lowest BCUT2D eigenvalue weighted by molar-refractivity contribution is 0.142. The van der Waals surface area contributed by atoms with Gasteiger partial charge in [-0.2, -0.15) is 0 Å². The topological polar surface area (TPSA) is 41.6 Å². The van der Waals surface area contributed by atoms with E-state index < -0.39 is 5.54 Å². The fourth-order valence-corrected chi connectivity index (χ4v) is 2.94. The number of hydrogen-bond donors (Lipinski definition) is 1. The van der Waals surface area contributed by atoms with Crippen LogP contribution in [0.2, 0.25) is 0 Å². The summed E-state index contributed by atoms with van der Waals surface area (Å²) in [6, 6.07) is 7.19. The van der Waals surface area contributed by atoms with E-state index in [4.69, 9.17) is 5.73 Å². The van der Waals surface area contributed by atoms with Gasteiger partial charge in [0.25, 0.3) is 0 Å². The van der Waals surface area contributed by atoms with E-state index in [0.717, 1.165) is 12.8 Å². The van der Waals surface area contributed by atoms with Crippen LogP contribution in [0.15, 0.2) is 29.3 Å². The molecule has 4 heteroatoms. The van der Waals surface area contributed by atoms with Gasteiger partial charge in [-0.1, -0.05) is 32.0 Å². The van der Waals surface area contributed by atoms with Crippen LogP contribution < -0.4 is 5.73 Å². The summed E-state index contributed by atoms with van der Waals surface area (Å²) in [4.78, 5) is 6.47. The van der Waals surface area contributed by atoms with Gasteiger partial charge in [0.2, 0.25) is 0 Å². The summed E-state index contributed by atoms with van der Waals surface area (Å²) in [5, 5.41) is 0. The van der Waals surface area contributed by atoms with Gasteiger partial charge in [0.1, 0.15) is 5.82 Å². The Kier molecular flexibility index (Phi) is 3.78. The van der Waals surface area contributed by atoms with E-state index >= 15 is 0 Å². The highest BCUT2D eigenvalue weighted by Crippen LogP contribution is 2.39. The third-order valence-corrected chi connectivity index (χ3v) is 4.20. The molecular formula is C15H22FN3. The molecule has 0 fully saturated rings. The number of benzene rings is 1. The number of guanidine groups is 1. The van der Waals surface area contributed by atoms with Crippen LogP contribution in [-0.2, 0) is 5.54 Å². The molecule has 1 aliphatic heterocycles. The largest absolute Gasteiger partial charge is 0.370 e. The van der Waals surface area contributed by atoms with Gasteiger partial charge in [-0.15, -0.1) is 0 Å². The van der Waals surface area contributed by atoms with Crippen molar-refractivity contribution in [1.29, 1.82) is 0 Å². The number of hydrogen-bond acceptors (Lipinski definition) is 3. The third kappa shape index (κ3) is 2.09. The predicted molar refractivity (Wildman–Crippen MR) is 76.5 cm³/mol. The number of halogens is 1. The Balaban J connectivity index is 2.52. The molecule has 1 aromatic carbocycles. The summed E-state index contributed by atoms with van der Waals surface area (Å²) in [7, 11) is 0. The highest BCUT2D eigenvalue weighted by Gasteiger charge is 2.45. The molecule has 0 aromatic heterocycles. The van der Waals surface area contributed by atoms with Gasteiger partial charge in [-0.25, -0.2) is 4.39 Å². The molecule has 0 aliphatic carbocycles. The lowest BCUT2D eigenvalue weighted by Crippen LogP contribution is -2.53. The van der Waals surface area contributed by atoms with Crippen molar-refractivity contribution in [2.24, 2.45) is 10.7 Å². The van der Waals surface area contributed by atoms with E-state index in [9.17, 15) is 4.39 Å². The van der Waals surface area contributed by atoms with Gasteiger partial charge in [0.15, 0.2) is 5.96 Å². The van der Waals surface area contributed by atoms with E-state index in [-0.39, 0.29) is 11.9 Å². The van der Waals surface area contributed by atoms with Crippen LogP contribution >= 0.6 is 0 Å². The van der Waals surface area contributed by atoms with Crippen molar-refractivity contribution >= 4 is 5.96 Å². The first-order chi connectivity index (χ1) is 9.06. The van der Waals surface area contributed by atoms with Crippen LogP contribution in [0.5, 0.6) is 0 Å². The third-order valence-electron chi connectivity index (χ3n) is 4.20. The zero-order valence-corrected chi connectivity index (χ0v) is 11.9. The molecule has 2 rings (SSSR count). The first-order valence-electron chi connectivity index (χ1n) is 6.91. The minimum absolute atomic E-state index is 0.178. The zero-order valence-electron chi connectivity index (χ0n) is 11.9. The van der Waals surface area contributed by atoms with Crippen molar-refractivity contribution < 1.29 is 4.39 Å². The van der Waals surface area contributed by atoms with Crippen molar-refractivity contribution in [2.45, 2.75) is 45.2 Å². The maximum atomic E-state index is 14.2. The quantitative estimate of drug-likeness (QED) is 0.907. The molecule has 0 saturated heterocycles. The van der Waals surface area contributed by atoms with E-state index in [2.05, 4.69) is 30.7 Å². The van der Waals surface area contributed by atoms with Crippen molar-refractivity contribution in [3.8, 4) is 0 Å². The Hall–Kier alpha value is -1.58. The fourth-order valence-electron chi connectivity index (χ4n) is 2.94. The first kappa shape index (κ1) is 13.8. The molecule has 0 spiro atoms. The van der Waals surface area contributed by atoms with Crippen LogP contribution in [0.1, 0.15) is 39.2 Å². The molecule has 3 nitrogen and oxygen atoms in total. The molecule has 1 aromatic rings. The Morgan fingerprint density at radius 1 is 1.42 bits per heavy atom. The minimum atomic E-state index is -0.440. The molecule has 104 valence electrons. The molecule has 1 aliphatic rings. The standard InChI is InChI=1S/C15H22FN3/c1-4-11(3)19-14(17)18-10-15(19,5-2)12-8-6-7-9-13(12)16/h6-9,11H,4-5,10H2,1-3H3,(H2,17,18). The maximum Gasteiger partial charge on any atom is 0.192 e. The Morgan fingerprint density at radius 3 is 2.68 bits per heavy atom.